The summed E-state index contributed by atoms with van der Waals surface area (Å²) in [6.45, 7) is 6.69. The van der Waals surface area contributed by atoms with Gasteiger partial charge in [0.15, 0.2) is 11.6 Å². The number of aromatic amines is 1. The molecule has 1 heterocycles. The van der Waals surface area contributed by atoms with Gasteiger partial charge in [0.05, 0.1) is 31.1 Å². The van der Waals surface area contributed by atoms with Gasteiger partial charge in [0.2, 0.25) is 5.91 Å². The molecule has 8 heteroatoms. The van der Waals surface area contributed by atoms with Crippen LogP contribution in [0.2, 0.25) is 5.02 Å². The van der Waals surface area contributed by atoms with E-state index in [-0.39, 0.29) is 24.0 Å². The predicted molar refractivity (Wildman–Crippen MR) is 113 cm³/mol. The standard InChI is InChI=1S/C21H26ClN3O4/c1-11-19(14(4)26)12(2)23-20(11)21(28)13(3)25(5)10-18(27)24-16-9-15(22)7-8-17(16)29-6/h7-9,13,23H,10H2,1-6H3,(H,24,27). The lowest BCUT2D eigenvalue weighted by atomic mass is 10.0. The summed E-state index contributed by atoms with van der Waals surface area (Å²) in [6.07, 6.45) is 0. The molecule has 0 spiro atoms. The lowest BCUT2D eigenvalue weighted by molar-refractivity contribution is -0.117. The Hall–Kier alpha value is -2.64. The lowest BCUT2D eigenvalue weighted by Crippen LogP contribution is -2.41. The minimum atomic E-state index is -0.571. The van der Waals surface area contributed by atoms with Gasteiger partial charge in [-0.25, -0.2) is 0 Å². The first-order valence-corrected chi connectivity index (χ1v) is 9.52. The smallest absolute Gasteiger partial charge is 0.238 e. The van der Waals surface area contributed by atoms with Crippen molar-refractivity contribution in [2.75, 3.05) is 26.0 Å². The maximum absolute atomic E-state index is 12.9. The molecular weight excluding hydrogens is 394 g/mol. The third-order valence-corrected chi connectivity index (χ3v) is 5.14. The van der Waals surface area contributed by atoms with Crippen LogP contribution in [0.1, 0.15) is 46.0 Å². The second-order valence-corrected chi connectivity index (χ2v) is 7.47. The minimum Gasteiger partial charge on any atom is -0.495 e. The molecule has 0 fully saturated rings. The monoisotopic (exact) mass is 419 g/mol. The molecule has 2 aromatic rings. The second kappa shape index (κ2) is 9.24. The molecule has 0 aliphatic heterocycles. The Morgan fingerprint density at radius 2 is 1.93 bits per heavy atom. The molecule has 2 rings (SSSR count). The van der Waals surface area contributed by atoms with Crippen LogP contribution < -0.4 is 10.1 Å². The molecule has 1 amide bonds. The number of H-pyrrole nitrogens is 1. The summed E-state index contributed by atoms with van der Waals surface area (Å²) in [5.41, 5.74) is 2.68. The van der Waals surface area contributed by atoms with E-state index in [4.69, 9.17) is 16.3 Å². The number of ether oxygens (including phenoxy) is 1. The summed E-state index contributed by atoms with van der Waals surface area (Å²) in [5.74, 6) is -0.0970. The SMILES string of the molecule is COc1ccc(Cl)cc1NC(=O)CN(C)C(C)C(=O)c1[nH]c(C)c(C(C)=O)c1C. The third kappa shape index (κ3) is 5.05. The second-order valence-electron chi connectivity index (χ2n) is 7.03. The fourth-order valence-corrected chi connectivity index (χ4v) is 3.44. The van der Waals surface area contributed by atoms with Gasteiger partial charge in [-0.1, -0.05) is 11.6 Å². The number of halogens is 1. The lowest BCUT2D eigenvalue weighted by Gasteiger charge is -2.23. The number of ketones is 2. The number of carbonyl (C=O) groups excluding carboxylic acids is 3. The molecule has 0 aliphatic rings. The molecule has 0 saturated heterocycles. The normalized spacial score (nSPS) is 12.0. The van der Waals surface area contributed by atoms with Crippen LogP contribution in [0.25, 0.3) is 0 Å². The van der Waals surface area contributed by atoms with E-state index in [1.807, 2.05) is 0 Å². The number of hydrogen-bond donors (Lipinski definition) is 2. The molecule has 1 unspecified atom stereocenters. The van der Waals surface area contributed by atoms with Crippen LogP contribution in [0.4, 0.5) is 5.69 Å². The first-order valence-electron chi connectivity index (χ1n) is 9.14. The number of aromatic nitrogens is 1. The maximum Gasteiger partial charge on any atom is 0.238 e. The van der Waals surface area contributed by atoms with Crippen LogP contribution in [0.3, 0.4) is 0 Å². The number of nitrogens with one attached hydrogen (secondary N) is 2. The highest BCUT2D eigenvalue weighted by molar-refractivity contribution is 6.31. The van der Waals surface area contributed by atoms with Crippen LogP contribution in [0, 0.1) is 13.8 Å². The van der Waals surface area contributed by atoms with Crippen molar-refractivity contribution in [1.29, 1.82) is 0 Å². The van der Waals surface area contributed by atoms with E-state index in [9.17, 15) is 14.4 Å². The van der Waals surface area contributed by atoms with Crippen molar-refractivity contribution < 1.29 is 19.1 Å². The fourth-order valence-electron chi connectivity index (χ4n) is 3.26. The van der Waals surface area contributed by atoms with E-state index in [0.717, 1.165) is 0 Å². The van der Waals surface area contributed by atoms with Crippen molar-refractivity contribution in [2.45, 2.75) is 33.7 Å². The molecule has 7 nitrogen and oxygen atoms in total. The zero-order valence-corrected chi connectivity index (χ0v) is 18.2. The molecule has 0 radical (unpaired) electrons. The van der Waals surface area contributed by atoms with E-state index in [2.05, 4.69) is 10.3 Å². The Kier molecular flexibility index (Phi) is 7.21. The average Bonchev–Trinajstić information content (AvgIpc) is 2.94. The Morgan fingerprint density at radius 1 is 1.28 bits per heavy atom. The Labute approximate surface area is 175 Å². The van der Waals surface area contributed by atoms with Crippen molar-refractivity contribution in [3.8, 4) is 5.75 Å². The zero-order chi connectivity index (χ0) is 21.9. The summed E-state index contributed by atoms with van der Waals surface area (Å²) in [7, 11) is 3.19. The van der Waals surface area contributed by atoms with Gasteiger partial charge in [0.1, 0.15) is 5.75 Å². The van der Waals surface area contributed by atoms with Crippen LogP contribution >= 0.6 is 11.6 Å². The Bertz CT molecular complexity index is 952. The fraction of sp³-hybridized carbons (Fsp3) is 0.381. The van der Waals surface area contributed by atoms with Gasteiger partial charge >= 0.3 is 0 Å². The van der Waals surface area contributed by atoms with Gasteiger partial charge < -0.3 is 15.0 Å². The average molecular weight is 420 g/mol. The maximum atomic E-state index is 12.9. The number of carbonyl (C=O) groups is 3. The largest absolute Gasteiger partial charge is 0.495 e. The molecule has 1 aromatic heterocycles. The van der Waals surface area contributed by atoms with Gasteiger partial charge in [-0.2, -0.15) is 0 Å². The summed E-state index contributed by atoms with van der Waals surface area (Å²) in [6, 6.07) is 4.36. The van der Waals surface area contributed by atoms with Gasteiger partial charge in [0.25, 0.3) is 0 Å². The Morgan fingerprint density at radius 3 is 2.48 bits per heavy atom. The molecule has 156 valence electrons. The number of rotatable bonds is 8. The van der Waals surface area contributed by atoms with Gasteiger partial charge in [0, 0.05) is 16.3 Å². The summed E-state index contributed by atoms with van der Waals surface area (Å²) < 4.78 is 5.22. The number of anilines is 1. The number of benzene rings is 1. The topological polar surface area (TPSA) is 91.5 Å². The van der Waals surface area contributed by atoms with Crippen molar-refractivity contribution >= 4 is 34.8 Å². The van der Waals surface area contributed by atoms with E-state index in [1.54, 1.807) is 50.9 Å². The van der Waals surface area contributed by atoms with E-state index < -0.39 is 6.04 Å². The van der Waals surface area contributed by atoms with Crippen LogP contribution in [0.5, 0.6) is 5.75 Å². The predicted octanol–water partition coefficient (Wildman–Crippen LogP) is 3.64. The number of nitrogens with zero attached hydrogens (tertiary/aromatic N) is 1. The molecule has 0 bridgehead atoms. The minimum absolute atomic E-state index is 0.0130. The van der Waals surface area contributed by atoms with E-state index in [1.165, 1.54) is 14.0 Å². The van der Waals surface area contributed by atoms with Crippen molar-refractivity contribution in [3.63, 3.8) is 0 Å². The number of amides is 1. The van der Waals surface area contributed by atoms with E-state index >= 15 is 0 Å². The molecule has 29 heavy (non-hydrogen) atoms. The summed E-state index contributed by atoms with van der Waals surface area (Å²) in [4.78, 5) is 41.9. The first-order chi connectivity index (χ1) is 13.6. The van der Waals surface area contributed by atoms with Crippen molar-refractivity contribution in [3.05, 3.63) is 45.7 Å². The van der Waals surface area contributed by atoms with Gasteiger partial charge in [-0.3, -0.25) is 19.3 Å². The van der Waals surface area contributed by atoms with Crippen molar-refractivity contribution in [2.24, 2.45) is 0 Å². The quantitative estimate of drug-likeness (QED) is 0.637. The highest BCUT2D eigenvalue weighted by Gasteiger charge is 2.27. The number of Topliss-reactive ketones (excluding diaryl/α,β-unsaturated/α-hetero) is 2. The highest BCUT2D eigenvalue weighted by atomic mass is 35.5. The number of aryl methyl sites for hydroxylation is 1. The zero-order valence-electron chi connectivity index (χ0n) is 17.5. The summed E-state index contributed by atoms with van der Waals surface area (Å²) >= 11 is 5.99. The number of likely N-dealkylation sites (N-methyl/N-ethyl adjacent to an activating group) is 1. The van der Waals surface area contributed by atoms with Crippen LogP contribution in [-0.4, -0.2) is 54.1 Å². The first kappa shape index (κ1) is 22.6. The molecule has 1 atom stereocenters. The third-order valence-electron chi connectivity index (χ3n) is 4.91. The van der Waals surface area contributed by atoms with Gasteiger partial charge in [-0.05, 0) is 58.5 Å². The number of hydrogen-bond acceptors (Lipinski definition) is 5. The molecule has 0 saturated carbocycles. The molecule has 1 aromatic carbocycles. The van der Waals surface area contributed by atoms with E-state index in [0.29, 0.717) is 39.0 Å². The molecule has 2 N–H and O–H groups in total. The van der Waals surface area contributed by atoms with Crippen LogP contribution in [0.15, 0.2) is 18.2 Å². The van der Waals surface area contributed by atoms with Crippen molar-refractivity contribution in [1.82, 2.24) is 9.88 Å². The Balaban J connectivity index is 2.11. The van der Waals surface area contributed by atoms with Gasteiger partial charge in [-0.15, -0.1) is 0 Å². The summed E-state index contributed by atoms with van der Waals surface area (Å²) in [5, 5.41) is 3.22. The van der Waals surface area contributed by atoms with Crippen LogP contribution in [-0.2, 0) is 4.79 Å². The number of methoxy groups -OCH3 is 1. The molecule has 0 aliphatic carbocycles. The molecular formula is C21H26ClN3O4. The highest BCUT2D eigenvalue weighted by Crippen LogP contribution is 2.27.